The van der Waals surface area contributed by atoms with Gasteiger partial charge in [-0.25, -0.2) is 0 Å². The fourth-order valence-electron chi connectivity index (χ4n) is 8.75. The zero-order valence-corrected chi connectivity index (χ0v) is 23.6. The zero-order chi connectivity index (χ0) is 25.5. The molecule has 0 aromatic heterocycles. The maximum absolute atomic E-state index is 11.8. The molecule has 0 N–H and O–H groups in total. The Labute approximate surface area is 222 Å². The summed E-state index contributed by atoms with van der Waals surface area (Å²) < 4.78 is 0. The van der Waals surface area contributed by atoms with Crippen LogP contribution in [-0.2, 0) is 10.2 Å². The van der Waals surface area contributed by atoms with E-state index in [9.17, 15) is 9.90 Å². The number of carbonyl (C=O) groups is 1. The molecule has 0 spiro atoms. The molecule has 0 amide bonds. The highest BCUT2D eigenvalue weighted by atomic mass is 16.4. The molecule has 0 aliphatic heterocycles. The summed E-state index contributed by atoms with van der Waals surface area (Å²) in [5.74, 6) is 2.87. The third-order valence-electron chi connectivity index (χ3n) is 11.1. The molecule has 0 saturated heterocycles. The highest BCUT2D eigenvalue weighted by Gasteiger charge is 2.46. The number of rotatable bonds is 10. The quantitative estimate of drug-likeness (QED) is 0.327. The van der Waals surface area contributed by atoms with Gasteiger partial charge in [-0.3, -0.25) is 0 Å². The van der Waals surface area contributed by atoms with E-state index in [2.05, 4.69) is 45.0 Å². The topological polar surface area (TPSA) is 40.1 Å². The van der Waals surface area contributed by atoms with Crippen LogP contribution in [0.3, 0.4) is 0 Å². The summed E-state index contributed by atoms with van der Waals surface area (Å²) in [6, 6.07) is 9.43. The maximum atomic E-state index is 11.8. The second kappa shape index (κ2) is 13.0. The van der Waals surface area contributed by atoms with Crippen LogP contribution in [0.4, 0.5) is 0 Å². The van der Waals surface area contributed by atoms with Gasteiger partial charge in [-0.2, -0.15) is 0 Å². The highest BCUT2D eigenvalue weighted by Crippen LogP contribution is 2.54. The summed E-state index contributed by atoms with van der Waals surface area (Å²) in [7, 11) is 0. The van der Waals surface area contributed by atoms with Crippen molar-refractivity contribution in [1.29, 1.82) is 0 Å². The average molecular weight is 494 g/mol. The minimum atomic E-state index is -0.822. The Morgan fingerprint density at radius 2 is 1.47 bits per heavy atom. The number of carboxylic acid groups (broad SMARTS) is 1. The van der Waals surface area contributed by atoms with Crippen LogP contribution >= 0.6 is 0 Å². The van der Waals surface area contributed by atoms with Crippen molar-refractivity contribution in [2.75, 3.05) is 0 Å². The highest BCUT2D eigenvalue weighted by molar-refractivity contribution is 5.67. The lowest BCUT2D eigenvalue weighted by Gasteiger charge is -2.50. The van der Waals surface area contributed by atoms with Crippen LogP contribution in [-0.4, -0.2) is 5.97 Å². The molecule has 36 heavy (non-hydrogen) atoms. The lowest BCUT2D eigenvalue weighted by atomic mass is 9.55. The van der Waals surface area contributed by atoms with Crippen LogP contribution in [0.1, 0.15) is 147 Å². The Balaban J connectivity index is 1.56. The van der Waals surface area contributed by atoms with E-state index in [1.54, 1.807) is 11.1 Å². The van der Waals surface area contributed by atoms with Gasteiger partial charge in [-0.15, -0.1) is 0 Å². The lowest BCUT2D eigenvalue weighted by Crippen LogP contribution is -2.45. The molecule has 2 heteroatoms. The van der Waals surface area contributed by atoms with Gasteiger partial charge in [0.2, 0.25) is 0 Å². The minimum absolute atomic E-state index is 0.159. The number of unbranched alkanes of at least 4 members (excludes halogenated alkanes) is 1. The molecule has 202 valence electrons. The number of hydrogen-bond donors (Lipinski definition) is 0. The Morgan fingerprint density at radius 3 is 2.08 bits per heavy atom. The lowest BCUT2D eigenvalue weighted by molar-refractivity contribution is -0.312. The fourth-order valence-corrected chi connectivity index (χ4v) is 8.75. The van der Waals surface area contributed by atoms with E-state index in [4.69, 9.17) is 0 Å². The third kappa shape index (κ3) is 6.21. The first-order valence-electron chi connectivity index (χ1n) is 15.8. The monoisotopic (exact) mass is 493 g/mol. The predicted molar refractivity (Wildman–Crippen MR) is 149 cm³/mol. The summed E-state index contributed by atoms with van der Waals surface area (Å²) >= 11 is 0. The van der Waals surface area contributed by atoms with E-state index in [1.807, 2.05) is 0 Å². The molecule has 0 bridgehead atoms. The van der Waals surface area contributed by atoms with Gasteiger partial charge in [-0.1, -0.05) is 103 Å². The van der Waals surface area contributed by atoms with Crippen molar-refractivity contribution in [2.45, 2.75) is 141 Å². The summed E-state index contributed by atoms with van der Waals surface area (Å²) in [6.07, 6.45) is 21.4. The van der Waals surface area contributed by atoms with E-state index in [-0.39, 0.29) is 11.3 Å². The number of benzene rings is 1. The molecule has 1 unspecified atom stereocenters. The van der Waals surface area contributed by atoms with Gasteiger partial charge in [-0.05, 0) is 103 Å². The molecule has 1 atom stereocenters. The average Bonchev–Trinajstić information content (AvgIpc) is 2.92. The minimum Gasteiger partial charge on any atom is -0.550 e. The van der Waals surface area contributed by atoms with Gasteiger partial charge in [0.25, 0.3) is 0 Å². The summed E-state index contributed by atoms with van der Waals surface area (Å²) in [5, 5.41) is 11.8. The second-order valence-corrected chi connectivity index (χ2v) is 13.1. The van der Waals surface area contributed by atoms with Crippen molar-refractivity contribution >= 4 is 5.97 Å². The van der Waals surface area contributed by atoms with E-state index >= 15 is 0 Å². The van der Waals surface area contributed by atoms with E-state index in [1.165, 1.54) is 83.5 Å². The van der Waals surface area contributed by atoms with Crippen LogP contribution in [0.15, 0.2) is 24.3 Å². The molecule has 0 radical (unpaired) electrons. The van der Waals surface area contributed by atoms with Crippen LogP contribution in [0.25, 0.3) is 0 Å². The fraction of sp³-hybridized carbons (Fsp3) is 0.794. The molecule has 0 heterocycles. The molecule has 2 nitrogen and oxygen atoms in total. The zero-order valence-electron chi connectivity index (χ0n) is 23.6. The molecule has 4 rings (SSSR count). The van der Waals surface area contributed by atoms with Crippen molar-refractivity contribution in [3.05, 3.63) is 35.4 Å². The number of carbonyl (C=O) groups excluding carboxylic acids is 1. The number of carboxylic acids is 1. The van der Waals surface area contributed by atoms with E-state index < -0.39 is 5.97 Å². The number of hydrogen-bond acceptors (Lipinski definition) is 2. The normalized spacial score (nSPS) is 34.2. The van der Waals surface area contributed by atoms with Crippen molar-refractivity contribution in [2.24, 2.45) is 29.6 Å². The largest absolute Gasteiger partial charge is 0.550 e. The van der Waals surface area contributed by atoms with Crippen molar-refractivity contribution in [3.63, 3.8) is 0 Å². The first kappa shape index (κ1) is 27.7. The van der Waals surface area contributed by atoms with E-state index in [0.29, 0.717) is 11.8 Å². The Morgan fingerprint density at radius 1 is 0.861 bits per heavy atom. The van der Waals surface area contributed by atoms with Gasteiger partial charge in [0.05, 0.1) is 0 Å². The van der Waals surface area contributed by atoms with Crippen LogP contribution in [0, 0.1) is 29.6 Å². The SMILES string of the molecule is CCCCC1CCC(C(C)c2ccccc2C2(C3CCC(CCC)CC3)CCC(C(=O)[O-])CC2)CC1. The Bertz CT molecular complexity index is 804. The molecule has 3 saturated carbocycles. The van der Waals surface area contributed by atoms with Crippen LogP contribution < -0.4 is 5.11 Å². The first-order chi connectivity index (χ1) is 17.5. The van der Waals surface area contributed by atoms with Crippen LogP contribution in [0.2, 0.25) is 0 Å². The summed E-state index contributed by atoms with van der Waals surface area (Å²) in [6.45, 7) is 7.15. The Hall–Kier alpha value is -1.31. The van der Waals surface area contributed by atoms with Gasteiger partial charge in [0.1, 0.15) is 0 Å². The van der Waals surface area contributed by atoms with Crippen LogP contribution in [0.5, 0.6) is 0 Å². The molecular formula is C34H53O2-. The summed E-state index contributed by atoms with van der Waals surface area (Å²) in [5.41, 5.74) is 3.35. The molecule has 3 fully saturated rings. The van der Waals surface area contributed by atoms with Gasteiger partial charge >= 0.3 is 0 Å². The van der Waals surface area contributed by atoms with E-state index in [0.717, 1.165) is 43.4 Å². The van der Waals surface area contributed by atoms with Gasteiger partial charge in [0.15, 0.2) is 0 Å². The molecule has 3 aliphatic rings. The molecule has 1 aromatic carbocycles. The predicted octanol–water partition coefficient (Wildman–Crippen LogP) is 8.57. The standard InChI is InChI=1S/C34H54O2/c1-4-6-10-27-13-17-28(18-14-27)25(3)31-11-7-8-12-32(31)34(23-21-29(22-24-34)33(35)36)30-19-15-26(9-5-2)16-20-30/h7-8,11-12,25-30H,4-6,9-10,13-24H2,1-3H3,(H,35,36)/p-1. The van der Waals surface area contributed by atoms with Gasteiger partial charge < -0.3 is 9.90 Å². The number of aliphatic carboxylic acids is 1. The second-order valence-electron chi connectivity index (χ2n) is 13.1. The molecule has 3 aliphatic carbocycles. The van der Waals surface area contributed by atoms with Gasteiger partial charge in [0, 0.05) is 5.97 Å². The molecule has 1 aromatic rings. The summed E-state index contributed by atoms with van der Waals surface area (Å²) in [4.78, 5) is 11.8. The van der Waals surface area contributed by atoms with Crippen molar-refractivity contribution in [1.82, 2.24) is 0 Å². The third-order valence-corrected chi connectivity index (χ3v) is 11.1. The van der Waals surface area contributed by atoms with Crippen molar-refractivity contribution in [3.8, 4) is 0 Å². The maximum Gasteiger partial charge on any atom is 0.0445 e. The Kier molecular flexibility index (Phi) is 9.98. The molecular weight excluding hydrogens is 440 g/mol. The van der Waals surface area contributed by atoms with Crippen molar-refractivity contribution < 1.29 is 9.90 Å². The smallest absolute Gasteiger partial charge is 0.0445 e. The first-order valence-corrected chi connectivity index (χ1v) is 15.8.